The van der Waals surface area contributed by atoms with Crippen LogP contribution >= 0.6 is 0 Å². The van der Waals surface area contributed by atoms with Gasteiger partial charge in [0.25, 0.3) is 0 Å². The van der Waals surface area contributed by atoms with Gasteiger partial charge in [-0.15, -0.1) is 0 Å². The number of nitrogens with zero attached hydrogens (tertiary/aromatic N) is 5. The number of fused-ring (bicyclic) bond motifs is 4. The summed E-state index contributed by atoms with van der Waals surface area (Å²) in [6.45, 7) is 0. The highest BCUT2D eigenvalue weighted by Crippen LogP contribution is 2.35. The van der Waals surface area contributed by atoms with E-state index in [4.69, 9.17) is 29.3 Å². The SMILES string of the molecule is c1ccc(-c2nc(-c3ccc(-c4ccc5ccccc5c4)cc3)nc(-c3cnc(-c4cccc5c4oc4ccccc45)nc3)n2)cc1. The number of para-hydroxylation sites is 2. The Balaban J connectivity index is 1.10. The van der Waals surface area contributed by atoms with Gasteiger partial charge in [-0.3, -0.25) is 0 Å². The van der Waals surface area contributed by atoms with Crippen molar-refractivity contribution in [2.75, 3.05) is 0 Å². The first-order chi connectivity index (χ1) is 23.3. The average molecular weight is 604 g/mol. The number of hydrogen-bond donors (Lipinski definition) is 0. The molecule has 0 bridgehead atoms. The zero-order chi connectivity index (χ0) is 31.2. The van der Waals surface area contributed by atoms with Gasteiger partial charge in [0.1, 0.15) is 11.2 Å². The molecule has 6 aromatic carbocycles. The van der Waals surface area contributed by atoms with Crippen LogP contribution in [0, 0.1) is 0 Å². The fraction of sp³-hybridized carbons (Fsp3) is 0. The molecule has 0 fully saturated rings. The van der Waals surface area contributed by atoms with Crippen LogP contribution < -0.4 is 0 Å². The highest BCUT2D eigenvalue weighted by molar-refractivity contribution is 6.09. The van der Waals surface area contributed by atoms with Crippen LogP contribution in [0.3, 0.4) is 0 Å². The molecular weight excluding hydrogens is 578 g/mol. The Morgan fingerprint density at radius 1 is 0.383 bits per heavy atom. The third-order valence-corrected chi connectivity index (χ3v) is 8.45. The molecule has 9 aromatic rings. The van der Waals surface area contributed by atoms with E-state index in [9.17, 15) is 0 Å². The van der Waals surface area contributed by atoms with Gasteiger partial charge in [-0.2, -0.15) is 0 Å². The summed E-state index contributed by atoms with van der Waals surface area (Å²) >= 11 is 0. The van der Waals surface area contributed by atoms with Crippen LogP contribution in [0.2, 0.25) is 0 Å². The van der Waals surface area contributed by atoms with Crippen molar-refractivity contribution in [2.45, 2.75) is 0 Å². The highest BCUT2D eigenvalue weighted by Gasteiger charge is 2.16. The van der Waals surface area contributed by atoms with E-state index in [1.54, 1.807) is 12.4 Å². The van der Waals surface area contributed by atoms with Crippen molar-refractivity contribution < 1.29 is 4.42 Å². The van der Waals surface area contributed by atoms with E-state index >= 15 is 0 Å². The molecule has 9 rings (SSSR count). The van der Waals surface area contributed by atoms with Crippen molar-refractivity contribution >= 4 is 32.7 Å². The molecule has 0 N–H and O–H groups in total. The van der Waals surface area contributed by atoms with Gasteiger partial charge in [-0.05, 0) is 40.1 Å². The maximum atomic E-state index is 6.22. The minimum Gasteiger partial charge on any atom is -0.455 e. The van der Waals surface area contributed by atoms with Crippen LogP contribution in [0.1, 0.15) is 0 Å². The Bertz CT molecular complexity index is 2560. The van der Waals surface area contributed by atoms with Gasteiger partial charge >= 0.3 is 0 Å². The average Bonchev–Trinajstić information content (AvgIpc) is 3.54. The maximum Gasteiger partial charge on any atom is 0.167 e. The summed E-state index contributed by atoms with van der Waals surface area (Å²) in [6.07, 6.45) is 3.53. The van der Waals surface area contributed by atoms with E-state index in [2.05, 4.69) is 78.9 Å². The molecule has 0 aliphatic carbocycles. The lowest BCUT2D eigenvalue weighted by molar-refractivity contribution is 0.669. The fourth-order valence-corrected chi connectivity index (χ4v) is 6.04. The molecule has 0 saturated heterocycles. The van der Waals surface area contributed by atoms with E-state index in [0.717, 1.165) is 49.8 Å². The van der Waals surface area contributed by atoms with Gasteiger partial charge in [0.05, 0.1) is 11.1 Å². The number of furan rings is 1. The van der Waals surface area contributed by atoms with Crippen LogP contribution in [0.4, 0.5) is 0 Å². The number of aromatic nitrogens is 5. The largest absolute Gasteiger partial charge is 0.455 e. The number of hydrogen-bond acceptors (Lipinski definition) is 6. The predicted octanol–water partition coefficient (Wildman–Crippen LogP) is 10.0. The van der Waals surface area contributed by atoms with Crippen molar-refractivity contribution in [3.05, 3.63) is 152 Å². The van der Waals surface area contributed by atoms with Crippen molar-refractivity contribution in [3.8, 4) is 56.7 Å². The zero-order valence-electron chi connectivity index (χ0n) is 25.1. The molecule has 3 heterocycles. The van der Waals surface area contributed by atoms with E-state index in [0.29, 0.717) is 28.9 Å². The summed E-state index contributed by atoms with van der Waals surface area (Å²) in [6, 6.07) is 47.3. The van der Waals surface area contributed by atoms with Crippen LogP contribution in [0.15, 0.2) is 156 Å². The molecule has 0 aliphatic heterocycles. The fourth-order valence-electron chi connectivity index (χ4n) is 6.04. The Morgan fingerprint density at radius 2 is 0.979 bits per heavy atom. The summed E-state index contributed by atoms with van der Waals surface area (Å²) in [5.41, 5.74) is 7.21. The Kier molecular flexibility index (Phi) is 6.35. The predicted molar refractivity (Wildman–Crippen MR) is 187 cm³/mol. The van der Waals surface area contributed by atoms with Gasteiger partial charge < -0.3 is 4.42 Å². The number of benzene rings is 6. The van der Waals surface area contributed by atoms with Gasteiger partial charge in [-0.25, -0.2) is 24.9 Å². The summed E-state index contributed by atoms with van der Waals surface area (Å²) in [4.78, 5) is 24.1. The second-order valence-corrected chi connectivity index (χ2v) is 11.4. The van der Waals surface area contributed by atoms with E-state index in [1.807, 2.05) is 60.7 Å². The third kappa shape index (κ3) is 4.89. The van der Waals surface area contributed by atoms with E-state index in [-0.39, 0.29) is 0 Å². The lowest BCUT2D eigenvalue weighted by Crippen LogP contribution is -2.01. The minimum absolute atomic E-state index is 0.501. The normalized spacial score (nSPS) is 11.4. The molecular formula is C41H25N5O. The van der Waals surface area contributed by atoms with Gasteiger partial charge in [0.2, 0.25) is 0 Å². The van der Waals surface area contributed by atoms with E-state index in [1.165, 1.54) is 10.8 Å². The highest BCUT2D eigenvalue weighted by atomic mass is 16.3. The summed E-state index contributed by atoms with van der Waals surface area (Å²) in [5.74, 6) is 2.23. The van der Waals surface area contributed by atoms with Crippen molar-refractivity contribution in [3.63, 3.8) is 0 Å². The summed E-state index contributed by atoms with van der Waals surface area (Å²) < 4.78 is 6.22. The van der Waals surface area contributed by atoms with Crippen molar-refractivity contribution in [1.29, 1.82) is 0 Å². The molecule has 0 saturated carbocycles. The lowest BCUT2D eigenvalue weighted by atomic mass is 10.00. The summed E-state index contributed by atoms with van der Waals surface area (Å²) in [5, 5.41) is 4.54. The van der Waals surface area contributed by atoms with Crippen LogP contribution in [0.25, 0.3) is 89.4 Å². The molecule has 0 radical (unpaired) electrons. The quantitative estimate of drug-likeness (QED) is 0.195. The van der Waals surface area contributed by atoms with Gasteiger partial charge in [-0.1, -0.05) is 121 Å². The van der Waals surface area contributed by atoms with Gasteiger partial charge in [0, 0.05) is 34.3 Å². The zero-order valence-corrected chi connectivity index (χ0v) is 25.1. The standard InChI is InChI=1S/C41H25N5O/c1-2-10-28(11-3-1)38-44-39(29-20-17-27(18-21-29)31-22-19-26-9-4-5-12-30(26)23-31)46-40(45-38)32-24-42-41(43-25-32)35-15-8-14-34-33-13-6-7-16-36(33)47-37(34)35/h1-25H. The van der Waals surface area contributed by atoms with Crippen molar-refractivity contribution in [1.82, 2.24) is 24.9 Å². The summed E-state index contributed by atoms with van der Waals surface area (Å²) in [7, 11) is 0. The molecule has 0 atom stereocenters. The molecule has 6 nitrogen and oxygen atoms in total. The number of rotatable bonds is 5. The first-order valence-electron chi connectivity index (χ1n) is 15.4. The molecule has 0 spiro atoms. The van der Waals surface area contributed by atoms with Crippen molar-refractivity contribution in [2.24, 2.45) is 0 Å². The molecule has 220 valence electrons. The Morgan fingerprint density at radius 3 is 1.77 bits per heavy atom. The molecule has 6 heteroatoms. The molecule has 3 aromatic heterocycles. The topological polar surface area (TPSA) is 77.6 Å². The second-order valence-electron chi connectivity index (χ2n) is 11.4. The van der Waals surface area contributed by atoms with Crippen LogP contribution in [-0.4, -0.2) is 24.9 Å². The maximum absolute atomic E-state index is 6.22. The first kappa shape index (κ1) is 26.8. The third-order valence-electron chi connectivity index (χ3n) is 8.45. The molecule has 47 heavy (non-hydrogen) atoms. The Labute approximate surface area is 270 Å². The smallest absolute Gasteiger partial charge is 0.167 e. The van der Waals surface area contributed by atoms with Crippen LogP contribution in [0.5, 0.6) is 0 Å². The molecule has 0 unspecified atom stereocenters. The first-order valence-corrected chi connectivity index (χ1v) is 15.4. The monoisotopic (exact) mass is 603 g/mol. The lowest BCUT2D eigenvalue weighted by Gasteiger charge is -2.09. The van der Waals surface area contributed by atoms with E-state index < -0.39 is 0 Å². The minimum atomic E-state index is 0.501. The molecule has 0 aliphatic rings. The Hall–Kier alpha value is -6.53. The second kappa shape index (κ2) is 11.1. The molecule has 0 amide bonds. The van der Waals surface area contributed by atoms with Crippen LogP contribution in [-0.2, 0) is 0 Å². The van der Waals surface area contributed by atoms with Gasteiger partial charge in [0.15, 0.2) is 23.3 Å².